The number of thiophene rings is 1. The largest absolute Gasteiger partial charge is 0.433 e. The first-order valence-corrected chi connectivity index (χ1v) is 6.91. The van der Waals surface area contributed by atoms with E-state index in [2.05, 4.69) is 10.1 Å². The van der Waals surface area contributed by atoms with Crippen molar-refractivity contribution in [2.24, 2.45) is 0 Å². The zero-order valence-electron chi connectivity index (χ0n) is 10.7. The molecule has 2 aromatic rings. The predicted molar refractivity (Wildman–Crippen MR) is 74.7 cm³/mol. The molecule has 3 nitrogen and oxygen atoms in total. The molecule has 1 amide bonds. The summed E-state index contributed by atoms with van der Waals surface area (Å²) >= 11 is 1.32. The van der Waals surface area contributed by atoms with E-state index in [1.165, 1.54) is 23.5 Å². The highest BCUT2D eigenvalue weighted by atomic mass is 32.1. The molecular formula is C14H13F2NO2S. The molecule has 0 aliphatic rings. The summed E-state index contributed by atoms with van der Waals surface area (Å²) in [6.45, 7) is -0.979. The smallest absolute Gasteiger partial charge is 0.387 e. The van der Waals surface area contributed by atoms with Crippen LogP contribution in [0.1, 0.15) is 22.2 Å². The van der Waals surface area contributed by atoms with E-state index >= 15 is 0 Å². The van der Waals surface area contributed by atoms with Crippen molar-refractivity contribution < 1.29 is 18.3 Å². The van der Waals surface area contributed by atoms with Crippen molar-refractivity contribution >= 4 is 22.9 Å². The van der Waals surface area contributed by atoms with Crippen LogP contribution in [0.3, 0.4) is 0 Å². The third-order valence-corrected chi connectivity index (χ3v) is 3.64. The Bertz CT molecular complexity index is 598. The number of alkyl halides is 2. The monoisotopic (exact) mass is 297 g/mol. The van der Waals surface area contributed by atoms with E-state index in [-0.39, 0.29) is 17.3 Å². The van der Waals surface area contributed by atoms with Gasteiger partial charge in [-0.05, 0) is 35.6 Å². The molecule has 1 aromatic carbocycles. The van der Waals surface area contributed by atoms with Gasteiger partial charge in [0.15, 0.2) is 0 Å². The molecule has 1 aromatic heterocycles. The first-order chi connectivity index (χ1) is 9.61. The fourth-order valence-corrected chi connectivity index (χ4v) is 2.65. The zero-order valence-corrected chi connectivity index (χ0v) is 11.5. The maximum absolute atomic E-state index is 12.3. The quantitative estimate of drug-likeness (QED) is 0.899. The number of hydrogen-bond acceptors (Lipinski definition) is 3. The standard InChI is InChI=1S/C14H13F2NO2S/c1-2-9-7-8-20-12(9)13(18)17-10-5-3-4-6-11(10)19-14(15)16/h3-8,14H,2H2,1H3,(H,17,18). The number of aryl methyl sites for hydroxylation is 1. The second kappa shape index (κ2) is 6.47. The number of halogens is 2. The topological polar surface area (TPSA) is 38.3 Å². The minimum absolute atomic E-state index is 0.0505. The molecule has 20 heavy (non-hydrogen) atoms. The molecule has 0 radical (unpaired) electrons. The van der Waals surface area contributed by atoms with Gasteiger partial charge in [0, 0.05) is 0 Å². The number of benzene rings is 1. The summed E-state index contributed by atoms with van der Waals surface area (Å²) in [5.41, 5.74) is 1.16. The summed E-state index contributed by atoms with van der Waals surface area (Å²) < 4.78 is 29.0. The van der Waals surface area contributed by atoms with Gasteiger partial charge in [-0.1, -0.05) is 19.1 Å². The maximum atomic E-state index is 12.3. The van der Waals surface area contributed by atoms with E-state index in [1.807, 2.05) is 18.4 Å². The lowest BCUT2D eigenvalue weighted by Crippen LogP contribution is -2.14. The molecule has 2 rings (SSSR count). The van der Waals surface area contributed by atoms with Crippen molar-refractivity contribution in [3.8, 4) is 5.75 Å². The maximum Gasteiger partial charge on any atom is 0.387 e. The van der Waals surface area contributed by atoms with Gasteiger partial charge in [0.05, 0.1) is 10.6 Å². The molecule has 106 valence electrons. The fraction of sp³-hybridized carbons (Fsp3) is 0.214. The summed E-state index contributed by atoms with van der Waals surface area (Å²) in [5, 5.41) is 4.43. The number of ether oxygens (including phenoxy) is 1. The highest BCUT2D eigenvalue weighted by Gasteiger charge is 2.15. The Balaban J connectivity index is 2.20. The molecule has 0 bridgehead atoms. The lowest BCUT2D eigenvalue weighted by atomic mass is 10.2. The molecule has 0 fully saturated rings. The van der Waals surface area contributed by atoms with Crippen molar-refractivity contribution in [2.45, 2.75) is 20.0 Å². The number of carbonyl (C=O) groups is 1. The van der Waals surface area contributed by atoms with Crippen molar-refractivity contribution in [2.75, 3.05) is 5.32 Å². The molecule has 0 saturated carbocycles. The van der Waals surface area contributed by atoms with E-state index in [0.717, 1.165) is 12.0 Å². The second-order valence-electron chi connectivity index (χ2n) is 3.96. The summed E-state index contributed by atoms with van der Waals surface area (Å²) in [6, 6.07) is 7.99. The van der Waals surface area contributed by atoms with E-state index in [4.69, 9.17) is 0 Å². The van der Waals surface area contributed by atoms with Crippen LogP contribution in [-0.4, -0.2) is 12.5 Å². The van der Waals surface area contributed by atoms with Crippen LogP contribution in [-0.2, 0) is 6.42 Å². The lowest BCUT2D eigenvalue weighted by Gasteiger charge is -2.11. The van der Waals surface area contributed by atoms with Gasteiger partial charge in [-0.3, -0.25) is 4.79 Å². The van der Waals surface area contributed by atoms with Crippen LogP contribution in [0.15, 0.2) is 35.7 Å². The molecule has 0 saturated heterocycles. The average molecular weight is 297 g/mol. The van der Waals surface area contributed by atoms with Gasteiger partial charge >= 0.3 is 6.61 Å². The second-order valence-corrected chi connectivity index (χ2v) is 4.87. The molecule has 1 heterocycles. The number of para-hydroxylation sites is 2. The Labute approximate surface area is 119 Å². The number of anilines is 1. The van der Waals surface area contributed by atoms with E-state index < -0.39 is 6.61 Å². The number of carbonyl (C=O) groups excluding carboxylic acids is 1. The molecule has 0 atom stereocenters. The van der Waals surface area contributed by atoms with Crippen LogP contribution >= 0.6 is 11.3 Å². The van der Waals surface area contributed by atoms with Crippen molar-refractivity contribution in [3.05, 3.63) is 46.2 Å². The Morgan fingerprint density at radius 1 is 1.35 bits per heavy atom. The van der Waals surface area contributed by atoms with Crippen molar-refractivity contribution in [1.82, 2.24) is 0 Å². The van der Waals surface area contributed by atoms with E-state index in [0.29, 0.717) is 4.88 Å². The lowest BCUT2D eigenvalue weighted by molar-refractivity contribution is -0.0493. The highest BCUT2D eigenvalue weighted by Crippen LogP contribution is 2.27. The molecule has 0 aliphatic carbocycles. The van der Waals surface area contributed by atoms with Gasteiger partial charge in [-0.15, -0.1) is 11.3 Å². The summed E-state index contributed by atoms with van der Waals surface area (Å²) in [4.78, 5) is 12.7. The molecule has 0 spiro atoms. The van der Waals surface area contributed by atoms with Gasteiger partial charge in [-0.2, -0.15) is 8.78 Å². The van der Waals surface area contributed by atoms with Crippen LogP contribution in [0.2, 0.25) is 0 Å². The van der Waals surface area contributed by atoms with Gasteiger partial charge in [-0.25, -0.2) is 0 Å². The van der Waals surface area contributed by atoms with E-state index in [1.54, 1.807) is 12.1 Å². The summed E-state index contributed by atoms with van der Waals surface area (Å²) in [5.74, 6) is -0.368. The van der Waals surface area contributed by atoms with Gasteiger partial charge in [0.1, 0.15) is 5.75 Å². The molecular weight excluding hydrogens is 284 g/mol. The number of hydrogen-bond donors (Lipinski definition) is 1. The fourth-order valence-electron chi connectivity index (χ4n) is 1.76. The first-order valence-electron chi connectivity index (χ1n) is 6.03. The minimum atomic E-state index is -2.93. The Hall–Kier alpha value is -1.95. The Morgan fingerprint density at radius 3 is 2.80 bits per heavy atom. The van der Waals surface area contributed by atoms with Crippen LogP contribution in [0, 0.1) is 0 Å². The SMILES string of the molecule is CCc1ccsc1C(=O)Nc1ccccc1OC(F)F. The Kier molecular flexibility index (Phi) is 4.68. The Morgan fingerprint density at radius 2 is 2.10 bits per heavy atom. The third-order valence-electron chi connectivity index (χ3n) is 2.69. The highest BCUT2D eigenvalue weighted by molar-refractivity contribution is 7.12. The van der Waals surface area contributed by atoms with Crippen LogP contribution in [0.5, 0.6) is 5.75 Å². The average Bonchev–Trinajstić information content (AvgIpc) is 2.88. The van der Waals surface area contributed by atoms with Crippen molar-refractivity contribution in [3.63, 3.8) is 0 Å². The van der Waals surface area contributed by atoms with E-state index in [9.17, 15) is 13.6 Å². The molecule has 0 aliphatic heterocycles. The van der Waals surface area contributed by atoms with Gasteiger partial charge < -0.3 is 10.1 Å². The van der Waals surface area contributed by atoms with Crippen molar-refractivity contribution in [1.29, 1.82) is 0 Å². The number of nitrogens with one attached hydrogen (secondary N) is 1. The minimum Gasteiger partial charge on any atom is -0.433 e. The summed E-state index contributed by atoms with van der Waals surface area (Å²) in [6.07, 6.45) is 0.738. The zero-order chi connectivity index (χ0) is 14.5. The molecule has 0 unspecified atom stereocenters. The normalized spacial score (nSPS) is 10.6. The third kappa shape index (κ3) is 3.33. The summed E-state index contributed by atoms with van der Waals surface area (Å²) in [7, 11) is 0. The predicted octanol–water partition coefficient (Wildman–Crippen LogP) is 4.16. The van der Waals surface area contributed by atoms with Gasteiger partial charge in [0.2, 0.25) is 0 Å². The van der Waals surface area contributed by atoms with Crippen LogP contribution in [0.4, 0.5) is 14.5 Å². The number of rotatable bonds is 5. The molecule has 1 N–H and O–H groups in total. The van der Waals surface area contributed by atoms with Crippen LogP contribution < -0.4 is 10.1 Å². The first kappa shape index (κ1) is 14.5. The van der Waals surface area contributed by atoms with Gasteiger partial charge in [0.25, 0.3) is 5.91 Å². The van der Waals surface area contributed by atoms with Crippen LogP contribution in [0.25, 0.3) is 0 Å². The molecule has 6 heteroatoms. The number of amides is 1.